The number of hydrogen-bond acceptors (Lipinski definition) is 3. The van der Waals surface area contributed by atoms with Crippen molar-refractivity contribution in [3.05, 3.63) is 161 Å². The molecule has 0 radical (unpaired) electrons. The quantitative estimate of drug-likeness (QED) is 0.141. The fraction of sp³-hybridized carbons (Fsp3) is 0. The van der Waals surface area contributed by atoms with Gasteiger partial charge in [-0.3, -0.25) is 0 Å². The zero-order chi connectivity index (χ0) is 29.9. The Kier molecular flexibility index (Phi) is 7.74. The van der Waals surface area contributed by atoms with Crippen molar-refractivity contribution in [1.29, 1.82) is 0 Å². The summed E-state index contributed by atoms with van der Waals surface area (Å²) >= 11 is 2.34. The molecule has 0 bridgehead atoms. The number of nitrogen functional groups attached to an aromatic ring is 1. The molecule has 0 unspecified atom stereocenters. The van der Waals surface area contributed by atoms with Crippen molar-refractivity contribution in [3.63, 3.8) is 0 Å². The zero-order valence-corrected chi connectivity index (χ0v) is 26.0. The van der Waals surface area contributed by atoms with E-state index in [1.54, 1.807) is 0 Å². The first kappa shape index (κ1) is 27.7. The van der Waals surface area contributed by atoms with Crippen LogP contribution in [-0.2, 0) is 0 Å². The first-order chi connectivity index (χ1) is 21.6. The van der Waals surface area contributed by atoms with Gasteiger partial charge in [0.25, 0.3) is 0 Å². The predicted molar refractivity (Wildman–Crippen MR) is 192 cm³/mol. The van der Waals surface area contributed by atoms with Crippen molar-refractivity contribution in [2.24, 2.45) is 0 Å². The van der Waals surface area contributed by atoms with Crippen molar-refractivity contribution in [2.75, 3.05) is 5.73 Å². The Balaban J connectivity index is 1.27. The van der Waals surface area contributed by atoms with Gasteiger partial charge >= 0.3 is 0 Å². The fourth-order valence-corrected chi connectivity index (χ4v) is 5.66. The highest BCUT2D eigenvalue weighted by Gasteiger charge is 2.12. The maximum atomic E-state index is 5.90. The van der Waals surface area contributed by atoms with E-state index in [2.05, 4.69) is 150 Å². The Morgan fingerprint density at radius 3 is 1.16 bits per heavy atom. The van der Waals surface area contributed by atoms with Gasteiger partial charge in [-0.2, -0.15) is 0 Å². The number of hydrogen-bond donors (Lipinski definition) is 1. The third-order valence-electron chi connectivity index (χ3n) is 7.76. The van der Waals surface area contributed by atoms with Gasteiger partial charge in [0.15, 0.2) is 5.82 Å². The lowest BCUT2D eigenvalue weighted by molar-refractivity contribution is 1.18. The molecule has 0 saturated heterocycles. The van der Waals surface area contributed by atoms with Crippen LogP contribution in [0.25, 0.3) is 67.3 Å². The van der Waals surface area contributed by atoms with Crippen LogP contribution in [0.15, 0.2) is 158 Å². The number of nitrogens with zero attached hydrogens (tertiary/aromatic N) is 2. The number of anilines is 1. The van der Waals surface area contributed by atoms with E-state index in [9.17, 15) is 0 Å². The lowest BCUT2D eigenvalue weighted by Gasteiger charge is -2.11. The van der Waals surface area contributed by atoms with E-state index in [1.807, 2.05) is 30.3 Å². The molecule has 0 saturated carbocycles. The molecule has 1 heterocycles. The van der Waals surface area contributed by atoms with Gasteiger partial charge in [-0.1, -0.05) is 127 Å². The van der Waals surface area contributed by atoms with Crippen LogP contribution in [0, 0.1) is 3.57 Å². The molecule has 0 fully saturated rings. The largest absolute Gasteiger partial charge is 0.399 e. The standard InChI is InChI=1S/C40H28IN3/c41-36-22-18-31(19-23-36)29-6-12-33(13-7-29)38-26-39(34-14-8-30(9-15-34)32-20-24-37(42)25-21-32)44-40(43-38)35-16-10-28(11-17-35)27-4-2-1-3-5-27/h1-26H,42H2. The van der Waals surface area contributed by atoms with E-state index in [1.165, 1.54) is 20.3 Å². The molecular formula is C40H28IN3. The van der Waals surface area contributed by atoms with Crippen LogP contribution in [-0.4, -0.2) is 9.97 Å². The molecule has 0 aliphatic carbocycles. The minimum atomic E-state index is 0.696. The minimum absolute atomic E-state index is 0.696. The molecule has 0 aliphatic heterocycles. The summed E-state index contributed by atoms with van der Waals surface area (Å²) in [7, 11) is 0. The normalized spacial score (nSPS) is 10.9. The van der Waals surface area contributed by atoms with E-state index in [-0.39, 0.29) is 0 Å². The van der Waals surface area contributed by atoms with E-state index >= 15 is 0 Å². The van der Waals surface area contributed by atoms with Gasteiger partial charge in [0.2, 0.25) is 0 Å². The summed E-state index contributed by atoms with van der Waals surface area (Å²) in [6, 6.07) is 54.6. The van der Waals surface area contributed by atoms with Crippen LogP contribution < -0.4 is 5.73 Å². The zero-order valence-electron chi connectivity index (χ0n) is 23.9. The van der Waals surface area contributed by atoms with Crippen molar-refractivity contribution in [1.82, 2.24) is 9.97 Å². The highest BCUT2D eigenvalue weighted by atomic mass is 127. The maximum absolute atomic E-state index is 5.90. The third-order valence-corrected chi connectivity index (χ3v) is 8.48. The summed E-state index contributed by atoms with van der Waals surface area (Å²) in [5.41, 5.74) is 18.4. The van der Waals surface area contributed by atoms with Gasteiger partial charge in [-0.05, 0) is 86.3 Å². The Labute approximate surface area is 271 Å². The average Bonchev–Trinajstić information content (AvgIpc) is 3.09. The average molecular weight is 678 g/mol. The Morgan fingerprint density at radius 2 is 0.705 bits per heavy atom. The van der Waals surface area contributed by atoms with Gasteiger partial charge in [0, 0.05) is 25.9 Å². The molecule has 210 valence electrons. The smallest absolute Gasteiger partial charge is 0.160 e. The molecule has 0 atom stereocenters. The van der Waals surface area contributed by atoms with Crippen LogP contribution in [0.5, 0.6) is 0 Å². The van der Waals surface area contributed by atoms with Crippen molar-refractivity contribution in [3.8, 4) is 67.3 Å². The van der Waals surface area contributed by atoms with Crippen LogP contribution in [0.4, 0.5) is 5.69 Å². The summed E-state index contributed by atoms with van der Waals surface area (Å²) in [4.78, 5) is 10.1. The second-order valence-corrected chi connectivity index (χ2v) is 11.9. The van der Waals surface area contributed by atoms with Crippen molar-refractivity contribution < 1.29 is 0 Å². The van der Waals surface area contributed by atoms with Crippen LogP contribution >= 0.6 is 22.6 Å². The Hall–Kier alpha value is -5.07. The second kappa shape index (κ2) is 12.3. The molecule has 4 heteroatoms. The molecule has 0 spiro atoms. The van der Waals surface area contributed by atoms with Gasteiger partial charge in [0.1, 0.15) is 0 Å². The first-order valence-corrected chi connectivity index (χ1v) is 15.5. The van der Waals surface area contributed by atoms with E-state index < -0.39 is 0 Å². The van der Waals surface area contributed by atoms with Crippen molar-refractivity contribution >= 4 is 28.3 Å². The SMILES string of the molecule is Nc1ccc(-c2ccc(-c3cc(-c4ccc(-c5ccc(I)cc5)cc4)nc(-c4ccc(-c5ccccc5)cc4)n3)cc2)cc1. The highest BCUT2D eigenvalue weighted by Crippen LogP contribution is 2.32. The van der Waals surface area contributed by atoms with E-state index in [4.69, 9.17) is 15.7 Å². The number of benzene rings is 6. The third kappa shape index (κ3) is 6.03. The minimum Gasteiger partial charge on any atom is -0.399 e. The molecule has 44 heavy (non-hydrogen) atoms. The van der Waals surface area contributed by atoms with Gasteiger partial charge in [0.05, 0.1) is 11.4 Å². The van der Waals surface area contributed by atoms with Crippen LogP contribution in [0.3, 0.4) is 0 Å². The Bertz CT molecular complexity index is 1910. The van der Waals surface area contributed by atoms with E-state index in [0.29, 0.717) is 5.82 Å². The lowest BCUT2D eigenvalue weighted by Crippen LogP contribution is -1.96. The molecule has 1 aromatic heterocycles. The fourth-order valence-electron chi connectivity index (χ4n) is 5.30. The van der Waals surface area contributed by atoms with Gasteiger partial charge in [-0.15, -0.1) is 0 Å². The van der Waals surface area contributed by atoms with Gasteiger partial charge < -0.3 is 5.73 Å². The first-order valence-electron chi connectivity index (χ1n) is 14.5. The molecular weight excluding hydrogens is 649 g/mol. The topological polar surface area (TPSA) is 51.8 Å². The second-order valence-electron chi connectivity index (χ2n) is 10.7. The van der Waals surface area contributed by atoms with Crippen molar-refractivity contribution in [2.45, 2.75) is 0 Å². The van der Waals surface area contributed by atoms with Crippen LogP contribution in [0.2, 0.25) is 0 Å². The summed E-state index contributed by atoms with van der Waals surface area (Å²) in [6.45, 7) is 0. The molecule has 0 amide bonds. The van der Waals surface area contributed by atoms with Gasteiger partial charge in [-0.25, -0.2) is 9.97 Å². The maximum Gasteiger partial charge on any atom is 0.160 e. The Morgan fingerprint density at radius 1 is 0.364 bits per heavy atom. The number of nitrogens with two attached hydrogens (primary N) is 1. The van der Waals surface area contributed by atoms with Crippen LogP contribution in [0.1, 0.15) is 0 Å². The summed E-state index contributed by atoms with van der Waals surface area (Å²) in [5, 5.41) is 0. The number of aromatic nitrogens is 2. The summed E-state index contributed by atoms with van der Waals surface area (Å²) in [6.07, 6.45) is 0. The molecule has 7 aromatic rings. The lowest BCUT2D eigenvalue weighted by atomic mass is 10.00. The molecule has 0 aliphatic rings. The molecule has 7 rings (SSSR count). The molecule has 6 aromatic carbocycles. The van der Waals surface area contributed by atoms with E-state index in [0.717, 1.165) is 50.5 Å². The highest BCUT2D eigenvalue weighted by molar-refractivity contribution is 14.1. The number of rotatable bonds is 6. The summed E-state index contributed by atoms with van der Waals surface area (Å²) < 4.78 is 1.22. The number of halogens is 1. The predicted octanol–water partition coefficient (Wildman–Crippen LogP) is 10.7. The monoisotopic (exact) mass is 677 g/mol. The molecule has 3 nitrogen and oxygen atoms in total. The summed E-state index contributed by atoms with van der Waals surface area (Å²) in [5.74, 6) is 0.696. The molecule has 2 N–H and O–H groups in total.